The number of nitrogens with zero attached hydrogens (tertiary/aromatic N) is 3. The summed E-state index contributed by atoms with van der Waals surface area (Å²) in [6.45, 7) is 4.01. The van der Waals surface area contributed by atoms with Gasteiger partial charge in [0.05, 0.1) is 5.69 Å². The summed E-state index contributed by atoms with van der Waals surface area (Å²) in [5.41, 5.74) is 0.987. The predicted octanol–water partition coefficient (Wildman–Crippen LogP) is 1.72. The van der Waals surface area contributed by atoms with Crippen LogP contribution in [0.2, 0.25) is 0 Å². The molecule has 1 heterocycles. The smallest absolute Gasteiger partial charge is 0.0964 e. The molecule has 108 valence electrons. The molecule has 1 aliphatic carbocycles. The number of aryl methyl sites for hydroxylation is 1. The largest absolute Gasteiger partial charge is 0.396 e. The first-order valence-corrected chi connectivity index (χ1v) is 7.53. The highest BCUT2D eigenvalue weighted by molar-refractivity contribution is 4.92. The van der Waals surface area contributed by atoms with Crippen molar-refractivity contribution in [3.8, 4) is 0 Å². The molecule has 1 aliphatic rings. The molecule has 1 saturated carbocycles. The van der Waals surface area contributed by atoms with Crippen molar-refractivity contribution in [1.82, 2.24) is 20.3 Å². The van der Waals surface area contributed by atoms with E-state index in [1.807, 2.05) is 6.20 Å². The number of hydrogen-bond donors (Lipinski definition) is 2. The normalized spacial score (nSPS) is 18.6. The van der Waals surface area contributed by atoms with E-state index in [1.165, 1.54) is 32.1 Å². The highest BCUT2D eigenvalue weighted by Gasteiger charge is 2.19. The molecule has 0 radical (unpaired) electrons. The Bertz CT molecular complexity index is 360. The number of hydrogen-bond acceptors (Lipinski definition) is 4. The molecular formula is C14H26N4O. The summed E-state index contributed by atoms with van der Waals surface area (Å²) >= 11 is 0. The van der Waals surface area contributed by atoms with Crippen LogP contribution in [0.15, 0.2) is 6.20 Å². The van der Waals surface area contributed by atoms with E-state index in [4.69, 9.17) is 5.11 Å². The van der Waals surface area contributed by atoms with Gasteiger partial charge in [0, 0.05) is 31.9 Å². The third-order valence-corrected chi connectivity index (χ3v) is 4.09. The summed E-state index contributed by atoms with van der Waals surface area (Å²) in [6, 6.07) is 0.558. The summed E-state index contributed by atoms with van der Waals surface area (Å²) in [5.74, 6) is 0.818. The highest BCUT2D eigenvalue weighted by atomic mass is 16.3. The van der Waals surface area contributed by atoms with Crippen LogP contribution in [-0.2, 0) is 13.1 Å². The second kappa shape index (κ2) is 7.60. The molecule has 2 rings (SSSR count). The maximum atomic E-state index is 8.78. The van der Waals surface area contributed by atoms with E-state index in [-0.39, 0.29) is 6.61 Å². The van der Waals surface area contributed by atoms with Gasteiger partial charge in [-0.15, -0.1) is 5.10 Å². The van der Waals surface area contributed by atoms with E-state index >= 15 is 0 Å². The number of aliphatic hydroxyl groups is 1. The Hall–Kier alpha value is -0.940. The lowest BCUT2D eigenvalue weighted by molar-refractivity contribution is 0.276. The Kier molecular flexibility index (Phi) is 5.79. The van der Waals surface area contributed by atoms with Crippen molar-refractivity contribution in [3.05, 3.63) is 11.9 Å². The molecule has 5 nitrogen and oxygen atoms in total. The minimum absolute atomic E-state index is 0.201. The Morgan fingerprint density at radius 2 is 2.21 bits per heavy atom. The summed E-state index contributed by atoms with van der Waals surface area (Å²) in [4.78, 5) is 0. The molecule has 0 aliphatic heterocycles. The van der Waals surface area contributed by atoms with Gasteiger partial charge < -0.3 is 10.4 Å². The minimum atomic E-state index is 0.201. The molecule has 0 saturated heterocycles. The molecule has 1 aromatic rings. The first-order chi connectivity index (χ1) is 9.29. The van der Waals surface area contributed by atoms with Gasteiger partial charge in [0.15, 0.2) is 0 Å². The Labute approximate surface area is 115 Å². The zero-order valence-corrected chi connectivity index (χ0v) is 11.9. The van der Waals surface area contributed by atoms with Crippen LogP contribution in [-0.4, -0.2) is 32.7 Å². The van der Waals surface area contributed by atoms with E-state index in [0.29, 0.717) is 6.04 Å². The van der Waals surface area contributed by atoms with Crippen LogP contribution in [0.4, 0.5) is 0 Å². The van der Waals surface area contributed by atoms with E-state index in [9.17, 15) is 0 Å². The van der Waals surface area contributed by atoms with Crippen molar-refractivity contribution in [2.75, 3.05) is 6.61 Å². The first-order valence-electron chi connectivity index (χ1n) is 7.53. The second-order valence-corrected chi connectivity index (χ2v) is 5.62. The summed E-state index contributed by atoms with van der Waals surface area (Å²) in [6.07, 6.45) is 9.59. The van der Waals surface area contributed by atoms with Crippen LogP contribution in [0.3, 0.4) is 0 Å². The average Bonchev–Trinajstić information content (AvgIpc) is 2.91. The van der Waals surface area contributed by atoms with Gasteiger partial charge in [0.2, 0.25) is 0 Å². The summed E-state index contributed by atoms with van der Waals surface area (Å²) in [7, 11) is 0. The van der Waals surface area contributed by atoms with Gasteiger partial charge >= 0.3 is 0 Å². The van der Waals surface area contributed by atoms with Gasteiger partial charge in [-0.25, -0.2) is 0 Å². The Morgan fingerprint density at radius 3 is 2.95 bits per heavy atom. The molecule has 0 aromatic carbocycles. The van der Waals surface area contributed by atoms with Crippen molar-refractivity contribution in [3.63, 3.8) is 0 Å². The fourth-order valence-corrected chi connectivity index (χ4v) is 2.83. The zero-order valence-electron chi connectivity index (χ0n) is 11.9. The molecule has 0 amide bonds. The maximum absolute atomic E-state index is 8.78. The van der Waals surface area contributed by atoms with Gasteiger partial charge in [-0.2, -0.15) is 0 Å². The molecular weight excluding hydrogens is 240 g/mol. The predicted molar refractivity (Wildman–Crippen MR) is 74.6 cm³/mol. The average molecular weight is 266 g/mol. The third kappa shape index (κ3) is 4.58. The molecule has 1 aromatic heterocycles. The zero-order chi connectivity index (χ0) is 13.5. The molecule has 1 atom stereocenters. The van der Waals surface area contributed by atoms with Crippen molar-refractivity contribution in [2.45, 2.75) is 64.6 Å². The van der Waals surface area contributed by atoms with Crippen LogP contribution in [0.25, 0.3) is 0 Å². The Morgan fingerprint density at radius 1 is 1.42 bits per heavy atom. The summed E-state index contributed by atoms with van der Waals surface area (Å²) in [5, 5.41) is 20.6. The lowest BCUT2D eigenvalue weighted by Crippen LogP contribution is -2.34. The van der Waals surface area contributed by atoms with E-state index in [1.54, 1.807) is 4.68 Å². The van der Waals surface area contributed by atoms with Crippen LogP contribution >= 0.6 is 0 Å². The standard InChI is InChI=1S/C14H26N4O/c1-12(13-6-3-2-4-7-13)15-10-14-11-18(17-16-14)8-5-9-19/h11-13,15,19H,2-10H2,1H3/t12-/m1/s1. The molecule has 2 N–H and O–H groups in total. The van der Waals surface area contributed by atoms with Crippen LogP contribution in [0, 0.1) is 5.92 Å². The van der Waals surface area contributed by atoms with Crippen molar-refractivity contribution >= 4 is 0 Å². The van der Waals surface area contributed by atoms with Gasteiger partial charge in [-0.3, -0.25) is 4.68 Å². The van der Waals surface area contributed by atoms with E-state index < -0.39 is 0 Å². The monoisotopic (exact) mass is 266 g/mol. The molecule has 0 unspecified atom stereocenters. The number of aromatic nitrogens is 3. The van der Waals surface area contributed by atoms with E-state index in [2.05, 4.69) is 22.6 Å². The van der Waals surface area contributed by atoms with Gasteiger partial charge in [0.25, 0.3) is 0 Å². The number of rotatable bonds is 7. The quantitative estimate of drug-likeness (QED) is 0.789. The number of aliphatic hydroxyl groups excluding tert-OH is 1. The molecule has 1 fully saturated rings. The first kappa shape index (κ1) is 14.5. The van der Waals surface area contributed by atoms with E-state index in [0.717, 1.165) is 31.1 Å². The SMILES string of the molecule is C[C@@H](NCc1cn(CCCO)nn1)C1CCCCC1. The Balaban J connectivity index is 1.73. The fraction of sp³-hybridized carbons (Fsp3) is 0.857. The van der Waals surface area contributed by atoms with Crippen LogP contribution in [0.1, 0.15) is 51.1 Å². The lowest BCUT2D eigenvalue weighted by atomic mass is 9.84. The molecule has 5 heteroatoms. The maximum Gasteiger partial charge on any atom is 0.0964 e. The van der Waals surface area contributed by atoms with Crippen LogP contribution in [0.5, 0.6) is 0 Å². The van der Waals surface area contributed by atoms with Crippen LogP contribution < -0.4 is 5.32 Å². The highest BCUT2D eigenvalue weighted by Crippen LogP contribution is 2.26. The molecule has 0 spiro atoms. The van der Waals surface area contributed by atoms with Gasteiger partial charge in [-0.05, 0) is 32.1 Å². The van der Waals surface area contributed by atoms with Crippen molar-refractivity contribution in [1.29, 1.82) is 0 Å². The van der Waals surface area contributed by atoms with Crippen molar-refractivity contribution < 1.29 is 5.11 Å². The van der Waals surface area contributed by atoms with Crippen molar-refractivity contribution in [2.24, 2.45) is 5.92 Å². The van der Waals surface area contributed by atoms with Gasteiger partial charge in [-0.1, -0.05) is 24.5 Å². The molecule has 0 bridgehead atoms. The van der Waals surface area contributed by atoms with Gasteiger partial charge in [0.1, 0.15) is 0 Å². The molecule has 19 heavy (non-hydrogen) atoms. The minimum Gasteiger partial charge on any atom is -0.396 e. The lowest BCUT2D eigenvalue weighted by Gasteiger charge is -2.28. The third-order valence-electron chi connectivity index (χ3n) is 4.09. The second-order valence-electron chi connectivity index (χ2n) is 5.62. The fourth-order valence-electron chi connectivity index (χ4n) is 2.83. The summed E-state index contributed by atoms with van der Waals surface area (Å²) < 4.78 is 1.80. The topological polar surface area (TPSA) is 63.0 Å². The number of nitrogens with one attached hydrogen (secondary N) is 1.